The molecule has 0 saturated carbocycles. The van der Waals surface area contributed by atoms with Gasteiger partial charge in [-0.25, -0.2) is 0 Å². The number of benzene rings is 1. The third kappa shape index (κ3) is 3.97. The molecule has 1 rings (SSSR count). The van der Waals surface area contributed by atoms with Gasteiger partial charge in [0.25, 0.3) is 0 Å². The molecule has 2 nitrogen and oxygen atoms in total. The van der Waals surface area contributed by atoms with Crippen LogP contribution in [0.15, 0.2) is 28.7 Å². The van der Waals surface area contributed by atoms with Gasteiger partial charge in [0.05, 0.1) is 6.04 Å². The second-order valence-electron chi connectivity index (χ2n) is 3.61. The van der Waals surface area contributed by atoms with E-state index in [9.17, 15) is 5.11 Å². The highest BCUT2D eigenvalue weighted by atomic mass is 79.9. The van der Waals surface area contributed by atoms with Crippen LogP contribution in [0.2, 0.25) is 0 Å². The smallest absolute Gasteiger partial charge is 0.141 e. The quantitative estimate of drug-likeness (QED) is 0.837. The van der Waals surface area contributed by atoms with Crippen molar-refractivity contribution in [2.24, 2.45) is 5.73 Å². The Morgan fingerprint density at radius 2 is 2.06 bits per heavy atom. The highest BCUT2D eigenvalue weighted by molar-refractivity contribution is 9.10. The van der Waals surface area contributed by atoms with Crippen molar-refractivity contribution in [1.82, 2.24) is 0 Å². The van der Waals surface area contributed by atoms with E-state index in [1.807, 2.05) is 24.3 Å². The minimum absolute atomic E-state index is 0.151. The Kier molecular flexibility index (Phi) is 5.54. The predicted octanol–water partition coefficient (Wildman–Crippen LogP) is 2.61. The van der Waals surface area contributed by atoms with Crippen molar-refractivity contribution in [3.63, 3.8) is 0 Å². The summed E-state index contributed by atoms with van der Waals surface area (Å²) >= 11 is 3.38. The third-order valence-electron chi connectivity index (χ3n) is 2.20. The summed E-state index contributed by atoms with van der Waals surface area (Å²) in [4.78, 5) is 0. The van der Waals surface area contributed by atoms with Crippen molar-refractivity contribution in [3.05, 3.63) is 34.3 Å². The summed E-state index contributed by atoms with van der Waals surface area (Å²) in [5.41, 5.74) is 6.53. The monoisotopic (exact) mass is 281 g/mol. The first-order chi connectivity index (χ1) is 7.65. The normalized spacial score (nSPS) is 13.8. The maximum atomic E-state index is 9.86. The van der Waals surface area contributed by atoms with Crippen LogP contribution in [0.3, 0.4) is 0 Å². The molecular weight excluding hydrogens is 266 g/mol. The van der Waals surface area contributed by atoms with Gasteiger partial charge in [-0.2, -0.15) is 0 Å². The van der Waals surface area contributed by atoms with Crippen LogP contribution in [0.1, 0.15) is 31.4 Å². The number of aliphatic hydroxyl groups excluding tert-OH is 1. The number of hydrogen-bond acceptors (Lipinski definition) is 2. The zero-order valence-corrected chi connectivity index (χ0v) is 10.9. The van der Waals surface area contributed by atoms with Crippen LogP contribution in [-0.2, 0) is 0 Å². The molecule has 3 heteroatoms. The van der Waals surface area contributed by atoms with E-state index in [4.69, 9.17) is 5.73 Å². The minimum Gasteiger partial charge on any atom is -0.376 e. The molecule has 2 atom stereocenters. The van der Waals surface area contributed by atoms with E-state index in [2.05, 4.69) is 34.7 Å². The first kappa shape index (κ1) is 13.2. The number of aliphatic hydroxyl groups is 1. The molecule has 0 aliphatic rings. The molecule has 2 unspecified atom stereocenters. The summed E-state index contributed by atoms with van der Waals surface area (Å²) in [6, 6.07) is 7.34. The van der Waals surface area contributed by atoms with Crippen LogP contribution >= 0.6 is 15.9 Å². The van der Waals surface area contributed by atoms with Crippen LogP contribution in [-0.4, -0.2) is 11.1 Å². The molecule has 16 heavy (non-hydrogen) atoms. The van der Waals surface area contributed by atoms with Crippen LogP contribution in [0, 0.1) is 11.8 Å². The molecular formula is C13H16BrNO. The molecule has 1 aromatic carbocycles. The molecule has 0 spiro atoms. The lowest BCUT2D eigenvalue weighted by molar-refractivity contribution is 0.237. The molecule has 0 aliphatic heterocycles. The highest BCUT2D eigenvalue weighted by Crippen LogP contribution is 2.22. The fourth-order valence-electron chi connectivity index (χ4n) is 1.34. The average Bonchev–Trinajstić information content (AvgIpc) is 2.27. The van der Waals surface area contributed by atoms with E-state index in [1.165, 1.54) is 0 Å². The lowest BCUT2D eigenvalue weighted by Crippen LogP contribution is -2.16. The van der Waals surface area contributed by atoms with Crippen molar-refractivity contribution in [3.8, 4) is 11.8 Å². The Bertz CT molecular complexity index is 394. The van der Waals surface area contributed by atoms with Crippen LogP contribution in [0.4, 0.5) is 0 Å². The molecule has 3 N–H and O–H groups in total. The van der Waals surface area contributed by atoms with E-state index < -0.39 is 6.10 Å². The molecule has 0 fully saturated rings. The van der Waals surface area contributed by atoms with Gasteiger partial charge in [0.1, 0.15) is 6.10 Å². The van der Waals surface area contributed by atoms with Gasteiger partial charge >= 0.3 is 0 Å². The number of rotatable bonds is 3. The molecule has 0 amide bonds. The van der Waals surface area contributed by atoms with E-state index in [-0.39, 0.29) is 6.04 Å². The zero-order valence-electron chi connectivity index (χ0n) is 9.28. The standard InChI is InChI=1S/C13H16BrNO/c1-2-5-10(15)8-9-13(16)11-6-3-4-7-12(11)14/h3-4,6-7,10,13,16H,2,5,15H2,1H3. The fraction of sp³-hybridized carbons (Fsp3) is 0.385. The van der Waals surface area contributed by atoms with Gasteiger partial charge in [-0.3, -0.25) is 0 Å². The molecule has 0 bridgehead atoms. The summed E-state index contributed by atoms with van der Waals surface area (Å²) in [6.45, 7) is 2.06. The second-order valence-corrected chi connectivity index (χ2v) is 4.46. The van der Waals surface area contributed by atoms with Crippen molar-refractivity contribution in [2.75, 3.05) is 0 Å². The van der Waals surface area contributed by atoms with E-state index in [1.54, 1.807) is 0 Å². The van der Waals surface area contributed by atoms with Gasteiger partial charge in [0.2, 0.25) is 0 Å². The van der Waals surface area contributed by atoms with Crippen molar-refractivity contribution >= 4 is 15.9 Å². The average molecular weight is 282 g/mol. The maximum Gasteiger partial charge on any atom is 0.141 e. The van der Waals surface area contributed by atoms with Gasteiger partial charge in [-0.15, -0.1) is 0 Å². The summed E-state index contributed by atoms with van der Waals surface area (Å²) in [5.74, 6) is 5.64. The van der Waals surface area contributed by atoms with Crippen molar-refractivity contribution < 1.29 is 5.11 Å². The lowest BCUT2D eigenvalue weighted by Gasteiger charge is -2.06. The highest BCUT2D eigenvalue weighted by Gasteiger charge is 2.07. The van der Waals surface area contributed by atoms with Crippen LogP contribution in [0.25, 0.3) is 0 Å². The predicted molar refractivity (Wildman–Crippen MR) is 69.8 cm³/mol. The Labute approximate surface area is 105 Å². The maximum absolute atomic E-state index is 9.86. The molecule has 0 aromatic heterocycles. The van der Waals surface area contributed by atoms with Gasteiger partial charge < -0.3 is 10.8 Å². The van der Waals surface area contributed by atoms with Gasteiger partial charge in [0, 0.05) is 10.0 Å². The molecule has 0 aliphatic carbocycles. The SMILES string of the molecule is CCCC(N)C#CC(O)c1ccccc1Br. The number of nitrogens with two attached hydrogens (primary N) is 1. The van der Waals surface area contributed by atoms with Crippen LogP contribution < -0.4 is 5.73 Å². The fourth-order valence-corrected chi connectivity index (χ4v) is 1.85. The zero-order chi connectivity index (χ0) is 12.0. The van der Waals surface area contributed by atoms with Crippen LogP contribution in [0.5, 0.6) is 0 Å². The van der Waals surface area contributed by atoms with Gasteiger partial charge in [-0.1, -0.05) is 59.3 Å². The second kappa shape index (κ2) is 6.70. The van der Waals surface area contributed by atoms with E-state index >= 15 is 0 Å². The first-order valence-electron chi connectivity index (χ1n) is 5.34. The summed E-state index contributed by atoms with van der Waals surface area (Å²) in [7, 11) is 0. The van der Waals surface area contributed by atoms with Crippen molar-refractivity contribution in [1.29, 1.82) is 0 Å². The Balaban J connectivity index is 2.72. The van der Waals surface area contributed by atoms with Gasteiger partial charge in [0.15, 0.2) is 0 Å². The number of halogens is 1. The van der Waals surface area contributed by atoms with Gasteiger partial charge in [-0.05, 0) is 12.5 Å². The summed E-state index contributed by atoms with van der Waals surface area (Å²) < 4.78 is 0.862. The molecule has 86 valence electrons. The molecule has 0 heterocycles. The lowest BCUT2D eigenvalue weighted by atomic mass is 10.1. The molecule has 1 aromatic rings. The van der Waals surface area contributed by atoms with E-state index in [0.29, 0.717) is 0 Å². The molecule has 0 saturated heterocycles. The minimum atomic E-state index is -0.779. The summed E-state index contributed by atoms with van der Waals surface area (Å²) in [5, 5.41) is 9.86. The molecule has 0 radical (unpaired) electrons. The Hall–Kier alpha value is -0.820. The van der Waals surface area contributed by atoms with Crippen molar-refractivity contribution in [2.45, 2.75) is 31.9 Å². The van der Waals surface area contributed by atoms with E-state index in [0.717, 1.165) is 22.9 Å². The topological polar surface area (TPSA) is 46.2 Å². The largest absolute Gasteiger partial charge is 0.376 e. The third-order valence-corrected chi connectivity index (χ3v) is 2.93. The Morgan fingerprint density at radius 1 is 1.38 bits per heavy atom. The Morgan fingerprint density at radius 3 is 2.69 bits per heavy atom. The first-order valence-corrected chi connectivity index (χ1v) is 6.13. The number of hydrogen-bond donors (Lipinski definition) is 2. The summed E-state index contributed by atoms with van der Waals surface area (Å²) in [6.07, 6.45) is 1.08.